The van der Waals surface area contributed by atoms with Crippen LogP contribution in [0.2, 0.25) is 0 Å². The first-order valence-electron chi connectivity index (χ1n) is 10.8. The zero-order chi connectivity index (χ0) is 21.5. The largest absolute Gasteiger partial charge is 0.479 e. The SMILES string of the molecule is C[C@H]1Oc2ccccc2N(CC(=O)N2CCCC[C@@H]2c2nc3ccccc3n2C)C1=O. The number of aryl methyl sites for hydroxylation is 1. The molecule has 160 valence electrons. The summed E-state index contributed by atoms with van der Waals surface area (Å²) in [6.45, 7) is 2.39. The highest BCUT2D eigenvalue weighted by Crippen LogP contribution is 2.35. The van der Waals surface area contributed by atoms with Gasteiger partial charge in [-0.25, -0.2) is 4.98 Å². The van der Waals surface area contributed by atoms with Crippen molar-refractivity contribution in [3.63, 3.8) is 0 Å². The minimum Gasteiger partial charge on any atom is -0.479 e. The summed E-state index contributed by atoms with van der Waals surface area (Å²) in [5.41, 5.74) is 2.64. The van der Waals surface area contributed by atoms with E-state index in [0.29, 0.717) is 18.0 Å². The van der Waals surface area contributed by atoms with E-state index in [1.165, 1.54) is 0 Å². The van der Waals surface area contributed by atoms with Crippen LogP contribution in [-0.2, 0) is 16.6 Å². The molecular formula is C24H26N4O3. The van der Waals surface area contributed by atoms with Crippen molar-refractivity contribution < 1.29 is 14.3 Å². The van der Waals surface area contributed by atoms with Gasteiger partial charge >= 0.3 is 0 Å². The van der Waals surface area contributed by atoms with Crippen molar-refractivity contribution in [2.45, 2.75) is 38.3 Å². The molecule has 31 heavy (non-hydrogen) atoms. The van der Waals surface area contributed by atoms with Crippen LogP contribution in [0, 0.1) is 0 Å². The second kappa shape index (κ2) is 7.72. The van der Waals surface area contributed by atoms with Crippen LogP contribution < -0.4 is 9.64 Å². The first-order chi connectivity index (χ1) is 15.0. The number of imidazole rings is 1. The Kier molecular flexibility index (Phi) is 4.88. The summed E-state index contributed by atoms with van der Waals surface area (Å²) in [5, 5.41) is 0. The van der Waals surface area contributed by atoms with E-state index in [2.05, 4.69) is 4.57 Å². The average Bonchev–Trinajstić information content (AvgIpc) is 3.13. The number of piperidine rings is 1. The van der Waals surface area contributed by atoms with E-state index in [4.69, 9.17) is 9.72 Å². The summed E-state index contributed by atoms with van der Waals surface area (Å²) in [4.78, 5) is 34.6. The van der Waals surface area contributed by atoms with E-state index in [0.717, 1.165) is 36.1 Å². The Morgan fingerprint density at radius 2 is 1.90 bits per heavy atom. The number of aromatic nitrogens is 2. The van der Waals surface area contributed by atoms with Gasteiger partial charge in [-0.3, -0.25) is 14.5 Å². The van der Waals surface area contributed by atoms with Gasteiger partial charge in [-0.05, 0) is 50.5 Å². The number of anilines is 1. The van der Waals surface area contributed by atoms with Gasteiger partial charge in [0.05, 0.1) is 22.8 Å². The summed E-state index contributed by atoms with van der Waals surface area (Å²) in [7, 11) is 2.01. The molecule has 0 aliphatic carbocycles. The molecule has 2 aromatic carbocycles. The first-order valence-corrected chi connectivity index (χ1v) is 10.8. The van der Waals surface area contributed by atoms with Crippen molar-refractivity contribution in [2.75, 3.05) is 18.0 Å². The molecule has 1 aromatic heterocycles. The molecule has 2 aliphatic heterocycles. The van der Waals surface area contributed by atoms with Crippen molar-refractivity contribution in [3.05, 3.63) is 54.4 Å². The predicted octanol–water partition coefficient (Wildman–Crippen LogP) is 3.44. The van der Waals surface area contributed by atoms with Crippen LogP contribution in [-0.4, -0.2) is 45.5 Å². The van der Waals surface area contributed by atoms with E-state index in [1.54, 1.807) is 11.8 Å². The lowest BCUT2D eigenvalue weighted by atomic mass is 10.0. The minimum atomic E-state index is -0.611. The van der Waals surface area contributed by atoms with E-state index < -0.39 is 6.10 Å². The average molecular weight is 418 g/mol. The molecule has 7 nitrogen and oxygen atoms in total. The molecule has 2 amide bonds. The Morgan fingerprint density at radius 1 is 1.13 bits per heavy atom. The van der Waals surface area contributed by atoms with Crippen LogP contribution in [0.15, 0.2) is 48.5 Å². The molecule has 2 atom stereocenters. The normalized spacial score (nSPS) is 21.2. The number of benzene rings is 2. The van der Waals surface area contributed by atoms with Crippen molar-refractivity contribution in [1.82, 2.24) is 14.5 Å². The molecule has 5 rings (SSSR count). The van der Waals surface area contributed by atoms with Gasteiger partial charge in [0.25, 0.3) is 5.91 Å². The van der Waals surface area contributed by atoms with E-state index >= 15 is 0 Å². The summed E-state index contributed by atoms with van der Waals surface area (Å²) < 4.78 is 7.80. The zero-order valence-electron chi connectivity index (χ0n) is 17.8. The fourth-order valence-electron chi connectivity index (χ4n) is 4.71. The number of amides is 2. The lowest BCUT2D eigenvalue weighted by Crippen LogP contribution is -2.51. The van der Waals surface area contributed by atoms with Crippen LogP contribution in [0.25, 0.3) is 11.0 Å². The predicted molar refractivity (Wildman–Crippen MR) is 118 cm³/mol. The van der Waals surface area contributed by atoms with Gasteiger partial charge in [0.15, 0.2) is 6.10 Å². The standard InChI is InChI=1S/C24H26N4O3/c1-16-24(30)28(19-11-5-6-13-21(19)31-16)15-22(29)27-14-8-7-12-20(27)23-25-17-9-3-4-10-18(17)26(23)2/h3-6,9-11,13,16,20H,7-8,12,14-15H2,1-2H3/t16-,20-/m1/s1. The third-order valence-corrected chi connectivity index (χ3v) is 6.31. The lowest BCUT2D eigenvalue weighted by molar-refractivity contribution is -0.136. The Hall–Kier alpha value is -3.35. The van der Waals surface area contributed by atoms with Gasteiger partial charge in [0, 0.05) is 13.6 Å². The van der Waals surface area contributed by atoms with Gasteiger partial charge in [0.2, 0.25) is 5.91 Å². The molecule has 0 unspecified atom stereocenters. The number of fused-ring (bicyclic) bond motifs is 2. The Morgan fingerprint density at radius 3 is 2.74 bits per heavy atom. The second-order valence-corrected chi connectivity index (χ2v) is 8.27. The zero-order valence-corrected chi connectivity index (χ0v) is 17.8. The van der Waals surface area contributed by atoms with Crippen molar-refractivity contribution in [2.24, 2.45) is 7.05 Å². The second-order valence-electron chi connectivity index (χ2n) is 8.27. The topological polar surface area (TPSA) is 67.7 Å². The van der Waals surface area contributed by atoms with Gasteiger partial charge in [0.1, 0.15) is 18.1 Å². The summed E-state index contributed by atoms with van der Waals surface area (Å²) >= 11 is 0. The number of ether oxygens (including phenoxy) is 1. The van der Waals surface area contributed by atoms with Gasteiger partial charge in [-0.1, -0.05) is 24.3 Å². The Balaban J connectivity index is 1.45. The number of carbonyl (C=O) groups is 2. The van der Waals surface area contributed by atoms with Gasteiger partial charge in [-0.2, -0.15) is 0 Å². The molecule has 0 N–H and O–H groups in total. The number of hydrogen-bond acceptors (Lipinski definition) is 4. The lowest BCUT2D eigenvalue weighted by Gasteiger charge is -2.38. The quantitative estimate of drug-likeness (QED) is 0.654. The monoisotopic (exact) mass is 418 g/mol. The fraction of sp³-hybridized carbons (Fsp3) is 0.375. The summed E-state index contributed by atoms with van der Waals surface area (Å²) in [6.07, 6.45) is 2.26. The highest BCUT2D eigenvalue weighted by Gasteiger charge is 2.36. The third kappa shape index (κ3) is 3.34. The number of carbonyl (C=O) groups excluding carboxylic acids is 2. The fourth-order valence-corrected chi connectivity index (χ4v) is 4.71. The number of nitrogens with zero attached hydrogens (tertiary/aromatic N) is 4. The molecule has 0 bridgehead atoms. The molecule has 2 aliphatic rings. The van der Waals surface area contributed by atoms with Gasteiger partial charge < -0.3 is 14.2 Å². The Bertz CT molecular complexity index is 1150. The molecule has 3 heterocycles. The molecule has 1 saturated heterocycles. The maximum atomic E-state index is 13.5. The van der Waals surface area contributed by atoms with Crippen LogP contribution in [0.5, 0.6) is 5.75 Å². The van der Waals surface area contributed by atoms with Crippen LogP contribution in [0.1, 0.15) is 38.1 Å². The van der Waals surface area contributed by atoms with E-state index in [9.17, 15) is 9.59 Å². The highest BCUT2D eigenvalue weighted by molar-refractivity contribution is 6.03. The third-order valence-electron chi connectivity index (χ3n) is 6.31. The first kappa shape index (κ1) is 19.6. The molecule has 7 heteroatoms. The molecule has 3 aromatic rings. The molecule has 0 radical (unpaired) electrons. The number of para-hydroxylation sites is 4. The maximum Gasteiger partial charge on any atom is 0.268 e. The number of rotatable bonds is 3. The number of likely N-dealkylation sites (tertiary alicyclic amines) is 1. The Labute approximate surface area is 181 Å². The van der Waals surface area contributed by atoms with E-state index in [-0.39, 0.29) is 24.4 Å². The van der Waals surface area contributed by atoms with Crippen molar-refractivity contribution >= 4 is 28.5 Å². The maximum absolute atomic E-state index is 13.5. The highest BCUT2D eigenvalue weighted by atomic mass is 16.5. The van der Waals surface area contributed by atoms with Crippen LogP contribution in [0.3, 0.4) is 0 Å². The molecular weight excluding hydrogens is 392 g/mol. The molecule has 0 spiro atoms. The van der Waals surface area contributed by atoms with E-state index in [1.807, 2.05) is 60.5 Å². The summed E-state index contributed by atoms with van der Waals surface area (Å²) in [6, 6.07) is 15.3. The number of hydrogen-bond donors (Lipinski definition) is 0. The smallest absolute Gasteiger partial charge is 0.268 e. The van der Waals surface area contributed by atoms with Crippen molar-refractivity contribution in [1.29, 1.82) is 0 Å². The van der Waals surface area contributed by atoms with Crippen molar-refractivity contribution in [3.8, 4) is 5.75 Å². The molecule has 0 saturated carbocycles. The minimum absolute atomic E-state index is 0.00396. The molecule has 1 fully saturated rings. The van der Waals surface area contributed by atoms with Crippen LogP contribution in [0.4, 0.5) is 5.69 Å². The van der Waals surface area contributed by atoms with Gasteiger partial charge in [-0.15, -0.1) is 0 Å². The summed E-state index contributed by atoms with van der Waals surface area (Å²) in [5.74, 6) is 1.28. The van der Waals surface area contributed by atoms with Crippen LogP contribution >= 0.6 is 0 Å².